The molecule has 1 unspecified atom stereocenters. The Bertz CT molecular complexity index is 365. The molecule has 0 radical (unpaired) electrons. The molecular weight excluding hydrogens is 236 g/mol. The molecule has 0 aromatic heterocycles. The highest BCUT2D eigenvalue weighted by atomic mass is 16.4. The maximum Gasteiger partial charge on any atom is 0.326 e. The minimum absolute atomic E-state index is 0.144. The van der Waals surface area contributed by atoms with Crippen LogP contribution in [-0.2, 0) is 14.4 Å². The molecule has 1 heterocycles. The molecule has 1 saturated heterocycles. The van der Waals surface area contributed by atoms with Crippen molar-refractivity contribution >= 4 is 17.8 Å². The number of rotatable bonds is 3. The van der Waals surface area contributed by atoms with Crippen molar-refractivity contribution in [3.05, 3.63) is 0 Å². The fourth-order valence-electron chi connectivity index (χ4n) is 2.43. The van der Waals surface area contributed by atoms with Gasteiger partial charge in [0.1, 0.15) is 6.04 Å². The molecule has 0 aromatic rings. The Morgan fingerprint density at radius 3 is 2.50 bits per heavy atom. The van der Waals surface area contributed by atoms with E-state index in [0.717, 1.165) is 12.8 Å². The van der Waals surface area contributed by atoms with Crippen LogP contribution in [-0.4, -0.2) is 46.9 Å². The molecule has 0 aromatic carbocycles. The first kappa shape index (κ1) is 14.5. The molecule has 1 fully saturated rings. The average molecular weight is 256 g/mol. The van der Waals surface area contributed by atoms with E-state index in [1.54, 1.807) is 0 Å². The number of piperidine rings is 1. The Hall–Kier alpha value is -1.59. The Kier molecular flexibility index (Phi) is 4.32. The molecule has 0 spiro atoms. The number of nitrogens with zero attached hydrogens (tertiary/aromatic N) is 1. The van der Waals surface area contributed by atoms with Crippen LogP contribution in [0.2, 0.25) is 0 Å². The van der Waals surface area contributed by atoms with Gasteiger partial charge in [-0.25, -0.2) is 4.79 Å². The zero-order valence-corrected chi connectivity index (χ0v) is 11.0. The summed E-state index contributed by atoms with van der Waals surface area (Å²) in [6.07, 6.45) is 1.55. The van der Waals surface area contributed by atoms with E-state index in [4.69, 9.17) is 0 Å². The van der Waals surface area contributed by atoms with Gasteiger partial charge in [-0.3, -0.25) is 9.59 Å². The first-order valence-corrected chi connectivity index (χ1v) is 6.02. The molecule has 0 aliphatic carbocycles. The van der Waals surface area contributed by atoms with Crippen molar-refractivity contribution in [1.29, 1.82) is 0 Å². The predicted octanol–water partition coefficient (Wildman–Crippen LogP) is 0.224. The zero-order chi connectivity index (χ0) is 13.9. The van der Waals surface area contributed by atoms with Crippen molar-refractivity contribution in [2.75, 3.05) is 13.1 Å². The molecule has 1 rings (SSSR count). The number of hydrogen-bond donors (Lipinski definition) is 2. The second-order valence-corrected chi connectivity index (χ2v) is 5.33. The number of hydrogen-bond acceptors (Lipinski definition) is 3. The summed E-state index contributed by atoms with van der Waals surface area (Å²) in [5.41, 5.74) is -0.448. The van der Waals surface area contributed by atoms with Gasteiger partial charge in [0.25, 0.3) is 0 Å². The second-order valence-electron chi connectivity index (χ2n) is 5.33. The quantitative estimate of drug-likeness (QED) is 0.756. The SMILES string of the molecule is CC(=O)NCC(=O)N1CCCC(C)(C)C1C(=O)O. The summed E-state index contributed by atoms with van der Waals surface area (Å²) in [6, 6.07) is -0.826. The van der Waals surface area contributed by atoms with Gasteiger partial charge in [-0.15, -0.1) is 0 Å². The number of carboxylic acids is 1. The lowest BCUT2D eigenvalue weighted by molar-refractivity contribution is -0.158. The van der Waals surface area contributed by atoms with Crippen LogP contribution in [0.4, 0.5) is 0 Å². The van der Waals surface area contributed by atoms with Crippen molar-refractivity contribution in [3.8, 4) is 0 Å². The van der Waals surface area contributed by atoms with Gasteiger partial charge >= 0.3 is 5.97 Å². The Balaban J connectivity index is 2.81. The first-order chi connectivity index (χ1) is 8.25. The number of aliphatic carboxylic acids is 1. The largest absolute Gasteiger partial charge is 0.480 e. The summed E-state index contributed by atoms with van der Waals surface area (Å²) < 4.78 is 0. The molecule has 6 heteroatoms. The van der Waals surface area contributed by atoms with Gasteiger partial charge in [0.15, 0.2) is 0 Å². The van der Waals surface area contributed by atoms with E-state index in [1.807, 2.05) is 13.8 Å². The lowest BCUT2D eigenvalue weighted by Crippen LogP contribution is -2.58. The van der Waals surface area contributed by atoms with Crippen LogP contribution in [0.1, 0.15) is 33.6 Å². The molecule has 18 heavy (non-hydrogen) atoms. The van der Waals surface area contributed by atoms with E-state index in [-0.39, 0.29) is 18.4 Å². The van der Waals surface area contributed by atoms with Crippen molar-refractivity contribution in [1.82, 2.24) is 10.2 Å². The van der Waals surface area contributed by atoms with E-state index < -0.39 is 17.4 Å². The molecule has 6 nitrogen and oxygen atoms in total. The van der Waals surface area contributed by atoms with Crippen LogP contribution in [0.15, 0.2) is 0 Å². The second kappa shape index (κ2) is 5.37. The third-order valence-electron chi connectivity index (χ3n) is 3.31. The number of nitrogens with one attached hydrogen (secondary N) is 1. The van der Waals surface area contributed by atoms with E-state index in [9.17, 15) is 19.5 Å². The van der Waals surface area contributed by atoms with Crippen LogP contribution >= 0.6 is 0 Å². The number of carbonyl (C=O) groups is 3. The summed E-state index contributed by atoms with van der Waals surface area (Å²) >= 11 is 0. The van der Waals surface area contributed by atoms with Crippen molar-refractivity contribution in [2.45, 2.75) is 39.7 Å². The maximum atomic E-state index is 12.0. The summed E-state index contributed by atoms with van der Waals surface area (Å²) in [7, 11) is 0. The van der Waals surface area contributed by atoms with Gasteiger partial charge < -0.3 is 15.3 Å². The smallest absolute Gasteiger partial charge is 0.326 e. The number of amides is 2. The monoisotopic (exact) mass is 256 g/mol. The lowest BCUT2D eigenvalue weighted by Gasteiger charge is -2.44. The van der Waals surface area contributed by atoms with E-state index >= 15 is 0 Å². The highest BCUT2D eigenvalue weighted by molar-refractivity contribution is 5.88. The van der Waals surface area contributed by atoms with Crippen LogP contribution in [0.5, 0.6) is 0 Å². The molecule has 0 bridgehead atoms. The van der Waals surface area contributed by atoms with Crippen molar-refractivity contribution in [3.63, 3.8) is 0 Å². The number of carbonyl (C=O) groups excluding carboxylic acids is 2. The average Bonchev–Trinajstić information content (AvgIpc) is 2.23. The van der Waals surface area contributed by atoms with Gasteiger partial charge in [-0.05, 0) is 18.3 Å². The van der Waals surface area contributed by atoms with Gasteiger partial charge in [0, 0.05) is 13.5 Å². The molecule has 102 valence electrons. The Labute approximate surface area is 106 Å². The van der Waals surface area contributed by atoms with Gasteiger partial charge in [-0.1, -0.05) is 13.8 Å². The molecule has 1 aliphatic rings. The summed E-state index contributed by atoms with van der Waals surface area (Å²) in [5.74, 6) is -1.63. The van der Waals surface area contributed by atoms with Crippen LogP contribution < -0.4 is 5.32 Å². The van der Waals surface area contributed by atoms with Crippen LogP contribution in [0.25, 0.3) is 0 Å². The molecular formula is C12H20N2O4. The number of carboxylic acid groups (broad SMARTS) is 1. The highest BCUT2D eigenvalue weighted by Crippen LogP contribution is 2.35. The molecule has 1 aliphatic heterocycles. The van der Waals surface area contributed by atoms with Gasteiger partial charge in [0.05, 0.1) is 6.54 Å². The topological polar surface area (TPSA) is 86.7 Å². The third kappa shape index (κ3) is 3.21. The minimum atomic E-state index is -0.990. The fraction of sp³-hybridized carbons (Fsp3) is 0.750. The van der Waals surface area contributed by atoms with Crippen molar-refractivity contribution in [2.24, 2.45) is 5.41 Å². The highest BCUT2D eigenvalue weighted by Gasteiger charge is 2.44. The van der Waals surface area contributed by atoms with E-state index in [0.29, 0.717) is 6.54 Å². The molecule has 1 atom stereocenters. The van der Waals surface area contributed by atoms with Gasteiger partial charge in [0.2, 0.25) is 11.8 Å². The Morgan fingerprint density at radius 2 is 2.00 bits per heavy atom. The third-order valence-corrected chi connectivity index (χ3v) is 3.31. The fourth-order valence-corrected chi connectivity index (χ4v) is 2.43. The Morgan fingerprint density at radius 1 is 1.39 bits per heavy atom. The molecule has 2 amide bonds. The van der Waals surface area contributed by atoms with Crippen LogP contribution in [0, 0.1) is 5.41 Å². The first-order valence-electron chi connectivity index (χ1n) is 6.02. The summed E-state index contributed by atoms with van der Waals surface area (Å²) in [5, 5.41) is 11.7. The van der Waals surface area contributed by atoms with Crippen LogP contribution in [0.3, 0.4) is 0 Å². The standard InChI is InChI=1S/C12H20N2O4/c1-8(15)13-7-9(16)14-6-4-5-12(2,3)10(14)11(17)18/h10H,4-7H2,1-3H3,(H,13,15)(H,17,18). The predicted molar refractivity (Wildman–Crippen MR) is 64.8 cm³/mol. The maximum absolute atomic E-state index is 12.0. The van der Waals surface area contributed by atoms with E-state index in [1.165, 1.54) is 11.8 Å². The lowest BCUT2D eigenvalue weighted by atomic mass is 9.76. The zero-order valence-electron chi connectivity index (χ0n) is 11.0. The molecule has 0 saturated carbocycles. The summed E-state index contributed by atoms with van der Waals surface area (Å²) in [6.45, 7) is 5.31. The molecule has 2 N–H and O–H groups in total. The minimum Gasteiger partial charge on any atom is -0.480 e. The summed E-state index contributed by atoms with van der Waals surface area (Å²) in [4.78, 5) is 35.4. The normalized spacial score (nSPS) is 22.4. The number of likely N-dealkylation sites (tertiary alicyclic amines) is 1. The van der Waals surface area contributed by atoms with E-state index in [2.05, 4.69) is 5.32 Å². The van der Waals surface area contributed by atoms with Gasteiger partial charge in [-0.2, -0.15) is 0 Å². The van der Waals surface area contributed by atoms with Crippen molar-refractivity contribution < 1.29 is 19.5 Å².